The first kappa shape index (κ1) is 34.2. The average molecular weight is 746 g/mol. The molecular weight excluding hydrogens is 710 g/mol. The summed E-state index contributed by atoms with van der Waals surface area (Å²) in [6.45, 7) is 8.90. The Hall–Kier alpha value is -1.97. The summed E-state index contributed by atoms with van der Waals surface area (Å²) in [6.07, 6.45) is 26.7. The molecule has 4 aliphatic carbocycles. The summed E-state index contributed by atoms with van der Waals surface area (Å²) in [5.41, 5.74) is 10.9. The Balaban J connectivity index is 0.000000237. The molecule has 0 saturated heterocycles. The number of hydrogen-bond acceptors (Lipinski definition) is 0. The molecule has 0 aliphatic heterocycles. The minimum atomic E-state index is 0. The van der Waals surface area contributed by atoms with Crippen LogP contribution in [-0.2, 0) is 23.0 Å². The standard InChI is InChI=1S/2C17H15.C2H6Si.2ClH.Hf/c2*1-13-11-15-9-5-6-10-16(17(15)12-13)14-7-3-2-4-8-14;1-3-2;;;/h2*2-9,12,16H,10H2,1H3;1-2H3;2*1H;/q2*-1;;;;+2/p-2. The second-order valence-corrected chi connectivity index (χ2v) is 23.0. The Morgan fingerprint density at radius 2 is 1.00 bits per heavy atom. The predicted octanol–water partition coefficient (Wildman–Crippen LogP) is 3.48. The van der Waals surface area contributed by atoms with Gasteiger partial charge in [-0.1, -0.05) is 86.7 Å². The third kappa shape index (κ3) is 9.55. The van der Waals surface area contributed by atoms with E-state index in [0.29, 0.717) is 11.8 Å². The maximum atomic E-state index is 3.43. The molecule has 2 aromatic carbocycles. The molecule has 4 aliphatic rings. The molecule has 0 N–H and O–H groups in total. The van der Waals surface area contributed by atoms with Gasteiger partial charge >= 0.3 is 41.6 Å². The molecule has 0 aromatic heterocycles. The van der Waals surface area contributed by atoms with Crippen LogP contribution in [0.15, 0.2) is 143 Å². The van der Waals surface area contributed by atoms with Gasteiger partial charge in [0, 0.05) is 0 Å². The Labute approximate surface area is 269 Å². The minimum absolute atomic E-state index is 0. The number of benzene rings is 2. The van der Waals surface area contributed by atoms with E-state index in [2.05, 4.69) is 148 Å². The van der Waals surface area contributed by atoms with Gasteiger partial charge in [0.1, 0.15) is 0 Å². The van der Waals surface area contributed by atoms with Crippen molar-refractivity contribution in [3.8, 4) is 0 Å². The van der Waals surface area contributed by atoms with Gasteiger partial charge in [-0.2, -0.15) is 34.4 Å². The number of fused-ring (bicyclic) bond motifs is 2. The summed E-state index contributed by atoms with van der Waals surface area (Å²) in [7, 11) is 0. The van der Waals surface area contributed by atoms with E-state index in [1.165, 1.54) is 67.6 Å². The van der Waals surface area contributed by atoms with Crippen LogP contribution in [0.4, 0.5) is 0 Å². The first-order valence-electron chi connectivity index (χ1n) is 13.4. The van der Waals surface area contributed by atoms with E-state index < -0.39 is 0 Å². The summed E-state index contributed by atoms with van der Waals surface area (Å²) >= 11 is 1.45. The van der Waals surface area contributed by atoms with Crippen LogP contribution in [0.5, 0.6) is 0 Å². The molecule has 2 atom stereocenters. The molecule has 4 heteroatoms. The van der Waals surface area contributed by atoms with E-state index in [1.807, 2.05) is 0 Å². The summed E-state index contributed by atoms with van der Waals surface area (Å²) < 4.78 is 0. The Kier molecular flexibility index (Phi) is 14.6. The van der Waals surface area contributed by atoms with Crippen LogP contribution in [-0.4, -0.2) is 5.49 Å². The first-order chi connectivity index (χ1) is 18.4. The van der Waals surface area contributed by atoms with Crippen LogP contribution < -0.4 is 24.8 Å². The molecule has 0 nitrogen and oxygen atoms in total. The summed E-state index contributed by atoms with van der Waals surface area (Å²) in [4.78, 5) is 0. The van der Waals surface area contributed by atoms with Crippen LogP contribution >= 0.6 is 0 Å². The van der Waals surface area contributed by atoms with Gasteiger partial charge in [-0.25, -0.2) is 0 Å². The van der Waals surface area contributed by atoms with E-state index >= 15 is 0 Å². The van der Waals surface area contributed by atoms with Crippen molar-refractivity contribution in [1.29, 1.82) is 0 Å². The molecule has 204 valence electrons. The Morgan fingerprint density at radius 1 is 0.650 bits per heavy atom. The van der Waals surface area contributed by atoms with Crippen molar-refractivity contribution < 1.29 is 47.8 Å². The third-order valence-electron chi connectivity index (χ3n) is 6.73. The van der Waals surface area contributed by atoms with Gasteiger partial charge in [-0.05, 0) is 35.8 Å². The molecule has 6 rings (SSSR count). The van der Waals surface area contributed by atoms with E-state index in [-0.39, 0.29) is 30.3 Å². The van der Waals surface area contributed by atoms with E-state index in [0.717, 1.165) is 12.8 Å². The van der Waals surface area contributed by atoms with Crippen molar-refractivity contribution in [2.24, 2.45) is 0 Å². The zero-order chi connectivity index (χ0) is 26.9. The average Bonchev–Trinajstić information content (AvgIpc) is 3.31. The van der Waals surface area contributed by atoms with Crippen LogP contribution in [0.2, 0.25) is 13.1 Å². The fourth-order valence-electron chi connectivity index (χ4n) is 5.13. The SMILES string of the molecule is CC1=[C-]C2=CC=CCC(c3ccccc3)C2=C1.CC1=[C-]C2=CC=CCC(c3ccccc3)C2=C1.C[Si](C)=[Hf+2].[Cl-].[Cl-]. The fourth-order valence-corrected chi connectivity index (χ4v) is 5.13. The monoisotopic (exact) mass is 746 g/mol. The van der Waals surface area contributed by atoms with Crippen molar-refractivity contribution in [2.75, 3.05) is 0 Å². The third-order valence-corrected chi connectivity index (χ3v) is 6.73. The molecule has 0 radical (unpaired) electrons. The normalized spacial score (nSPS) is 19.8. The van der Waals surface area contributed by atoms with E-state index in [9.17, 15) is 0 Å². The van der Waals surface area contributed by atoms with Gasteiger partial charge < -0.3 is 24.8 Å². The molecule has 0 spiro atoms. The summed E-state index contributed by atoms with van der Waals surface area (Å²) in [5, 5.41) is 0. The quantitative estimate of drug-likeness (QED) is 0.327. The minimum Gasteiger partial charge on any atom is -1.00 e. The molecule has 2 aromatic rings. The van der Waals surface area contributed by atoms with Crippen molar-refractivity contribution in [2.45, 2.75) is 51.6 Å². The van der Waals surface area contributed by atoms with Crippen molar-refractivity contribution in [1.82, 2.24) is 0 Å². The van der Waals surface area contributed by atoms with Crippen molar-refractivity contribution in [3.05, 3.63) is 166 Å². The number of halogens is 2. The zero-order valence-corrected chi connectivity index (χ0v) is 29.8. The van der Waals surface area contributed by atoms with Gasteiger partial charge in [0.2, 0.25) is 0 Å². The maximum absolute atomic E-state index is 3.43. The summed E-state index contributed by atoms with van der Waals surface area (Å²) in [6, 6.07) is 21.5. The first-order valence-corrected chi connectivity index (χ1v) is 21.3. The largest absolute Gasteiger partial charge is 1.00 e. The van der Waals surface area contributed by atoms with Gasteiger partial charge in [-0.15, -0.1) is 47.6 Å². The smallest absolute Gasteiger partial charge is 1.00 e. The van der Waals surface area contributed by atoms with Gasteiger partial charge in [0.15, 0.2) is 0 Å². The number of allylic oxidation sites excluding steroid dienone is 16. The van der Waals surface area contributed by atoms with Crippen LogP contribution in [0, 0.1) is 12.2 Å². The van der Waals surface area contributed by atoms with Gasteiger partial charge in [0.05, 0.1) is 0 Å². The molecule has 2 unspecified atom stereocenters. The van der Waals surface area contributed by atoms with Gasteiger partial charge in [-0.3, -0.25) is 0 Å². The van der Waals surface area contributed by atoms with E-state index in [4.69, 9.17) is 0 Å². The van der Waals surface area contributed by atoms with Crippen LogP contribution in [0.25, 0.3) is 0 Å². The summed E-state index contributed by atoms with van der Waals surface area (Å²) in [5.74, 6) is 0.956. The molecule has 0 amide bonds. The fraction of sp³-hybridized carbons (Fsp3) is 0.222. The Bertz CT molecular complexity index is 1300. The second-order valence-electron chi connectivity index (χ2n) is 10.2. The molecule has 0 bridgehead atoms. The van der Waals surface area contributed by atoms with Crippen LogP contribution in [0.1, 0.15) is 49.7 Å². The van der Waals surface area contributed by atoms with Crippen LogP contribution in [0.3, 0.4) is 0 Å². The molecule has 0 fully saturated rings. The molecule has 0 heterocycles. The van der Waals surface area contributed by atoms with Crippen molar-refractivity contribution >= 4 is 5.49 Å². The van der Waals surface area contributed by atoms with Crippen molar-refractivity contribution in [3.63, 3.8) is 0 Å². The number of rotatable bonds is 2. The molecular formula is C36H36Cl2HfSi-2. The number of hydrogen-bond donors (Lipinski definition) is 0. The zero-order valence-electron chi connectivity index (χ0n) is 23.7. The van der Waals surface area contributed by atoms with E-state index in [1.54, 1.807) is 0 Å². The predicted molar refractivity (Wildman–Crippen MR) is 161 cm³/mol. The topological polar surface area (TPSA) is 0 Å². The maximum Gasteiger partial charge on any atom is -1.00 e. The molecule has 40 heavy (non-hydrogen) atoms. The Morgan fingerprint density at radius 3 is 1.35 bits per heavy atom. The van der Waals surface area contributed by atoms with Gasteiger partial charge in [0.25, 0.3) is 0 Å². The second kappa shape index (κ2) is 17.1. The molecule has 0 saturated carbocycles.